The summed E-state index contributed by atoms with van der Waals surface area (Å²) in [6, 6.07) is 67.9. The lowest BCUT2D eigenvalue weighted by atomic mass is 10.0. The average Bonchev–Trinajstić information content (AvgIpc) is 0.991. The number of aromatic nitrogens is 8. The second-order valence-corrected chi connectivity index (χ2v) is 38.4. The lowest BCUT2D eigenvalue weighted by molar-refractivity contribution is -0.143. The van der Waals surface area contributed by atoms with Crippen LogP contribution in [0.25, 0.3) is 43.6 Å². The van der Waals surface area contributed by atoms with E-state index in [-0.39, 0.29) is 17.0 Å². The van der Waals surface area contributed by atoms with E-state index < -0.39 is 0 Å². The number of unbranched alkanes of at least 4 members (excludes halogenated alkanes) is 3. The standard InChI is InChI=1S/C35H50N6O3.C27H36N6O.C26H34N6O.C21H23ClN4O/c1-3-43-33(42)14-9-4-5-10-25-44-30-15-16-31-32(26-30)37-35(41-20-11-19-39(2)23-24-41)38-34(31)36-29-17-21-40(22-18-29)27-28-12-7-6-8-13-28;1-31-13-6-14-33(18-17-31)27-29-25-19-23(34-2)9-10-24(25)26(30-27)28-22-11-15-32(16-12-22)20-21-7-4-3-5-8-21;1-30-12-5-13-32(17-16-30)26-28-24-18-22(33)8-9-23(24)25(29-26)27-21-10-14-31(15-11-21)19-20-6-3-2-4-7-20;1-27-17-7-8-18-19(13-17)24-21(22)25-20(18)23-16-9-11-26(12-10-16)14-15-5-3-2-4-6-15/h6-8,12-13,15-16,26,29H,3-5,9-11,14,17-25,27H2,1-2H3,(H,36,37,38);3-5,7-10,19,22H,6,11-18,20H2,1-2H3,(H,28,29,30);2-4,6-9,18,21,33H,5,10-17,19H2,1H3,(H,27,28,29);2-8,13,16H,9-12,14H2,1H3,(H,23,24,25). The van der Waals surface area contributed by atoms with Gasteiger partial charge < -0.3 is 74.7 Å². The predicted molar refractivity (Wildman–Crippen MR) is 560 cm³/mol. The van der Waals surface area contributed by atoms with E-state index in [0.29, 0.717) is 43.8 Å². The van der Waals surface area contributed by atoms with E-state index in [1.54, 1.807) is 26.4 Å². The van der Waals surface area contributed by atoms with Gasteiger partial charge in [0, 0.05) is 214 Å². The van der Waals surface area contributed by atoms with Crippen LogP contribution in [0.1, 0.15) is 132 Å². The average molecular weight is 1890 g/mol. The van der Waals surface area contributed by atoms with Crippen molar-refractivity contribution in [3.8, 4) is 23.0 Å². The summed E-state index contributed by atoms with van der Waals surface area (Å²) in [5.41, 5.74) is 8.94. The number of phenolic OH excluding ortho intramolecular Hbond substituents is 1. The van der Waals surface area contributed by atoms with Gasteiger partial charge in [-0.25, -0.2) is 24.9 Å². The summed E-state index contributed by atoms with van der Waals surface area (Å²) in [6.07, 6.45) is 16.4. The molecule has 29 heteroatoms. The third-order valence-electron chi connectivity index (χ3n) is 27.7. The largest absolute Gasteiger partial charge is 0.508 e. The highest BCUT2D eigenvalue weighted by Gasteiger charge is 2.30. The minimum Gasteiger partial charge on any atom is -0.508 e. The van der Waals surface area contributed by atoms with Gasteiger partial charge >= 0.3 is 5.97 Å². The smallest absolute Gasteiger partial charge is 0.305 e. The Morgan fingerprint density at radius 1 is 0.355 bits per heavy atom. The summed E-state index contributed by atoms with van der Waals surface area (Å²) in [4.78, 5) is 74.5. The van der Waals surface area contributed by atoms with Crippen molar-refractivity contribution >= 4 is 102 Å². The Hall–Kier alpha value is -11.6. The number of rotatable bonds is 30. The highest BCUT2D eigenvalue weighted by Crippen LogP contribution is 2.36. The first-order valence-electron chi connectivity index (χ1n) is 50.5. The number of anilines is 7. The molecule has 0 spiro atoms. The molecule has 0 bridgehead atoms. The molecule has 12 aromatic rings. The summed E-state index contributed by atoms with van der Waals surface area (Å²) in [5, 5.41) is 29.3. The van der Waals surface area contributed by atoms with Crippen molar-refractivity contribution in [1.29, 1.82) is 0 Å². The van der Waals surface area contributed by atoms with E-state index in [9.17, 15) is 9.90 Å². The number of ether oxygens (including phenoxy) is 4. The number of nitrogens with zero attached hydrogens (tertiary/aromatic N) is 18. The van der Waals surface area contributed by atoms with Crippen LogP contribution in [0.15, 0.2) is 194 Å². The van der Waals surface area contributed by atoms with Crippen molar-refractivity contribution < 1.29 is 28.8 Å². The number of esters is 1. The van der Waals surface area contributed by atoms with Crippen molar-refractivity contribution in [1.82, 2.24) is 74.2 Å². The van der Waals surface area contributed by atoms with Gasteiger partial charge in [0.15, 0.2) is 0 Å². The summed E-state index contributed by atoms with van der Waals surface area (Å²) in [6.45, 7) is 27.6. The zero-order valence-electron chi connectivity index (χ0n) is 81.9. The topological polar surface area (TPSA) is 258 Å². The number of carbonyl (C=O) groups excluding carboxylic acids is 1. The maximum atomic E-state index is 11.5. The highest BCUT2D eigenvalue weighted by atomic mass is 35.5. The maximum Gasteiger partial charge on any atom is 0.305 e. The molecule has 11 heterocycles. The van der Waals surface area contributed by atoms with E-state index in [1.165, 1.54) is 22.3 Å². The second kappa shape index (κ2) is 50.8. The quantitative estimate of drug-likeness (QED) is 0.0159. The Labute approximate surface area is 820 Å². The zero-order valence-corrected chi connectivity index (χ0v) is 82.7. The van der Waals surface area contributed by atoms with Gasteiger partial charge in [0.05, 0.1) is 49.5 Å². The van der Waals surface area contributed by atoms with Crippen molar-refractivity contribution in [2.45, 2.75) is 160 Å². The molecule has 19 rings (SSSR count). The Morgan fingerprint density at radius 2 is 0.674 bits per heavy atom. The molecule has 0 atom stereocenters. The minimum absolute atomic E-state index is 0.101. The molecule has 0 saturated carbocycles. The van der Waals surface area contributed by atoms with Crippen LogP contribution in [0, 0.1) is 0 Å². The van der Waals surface area contributed by atoms with Crippen molar-refractivity contribution in [3.05, 3.63) is 222 Å². The number of likely N-dealkylation sites (tertiary alicyclic amines) is 4. The Morgan fingerprint density at radius 3 is 1.03 bits per heavy atom. The fourth-order valence-electron chi connectivity index (χ4n) is 19.6. The van der Waals surface area contributed by atoms with E-state index in [4.69, 9.17) is 60.5 Å². The van der Waals surface area contributed by atoms with Crippen molar-refractivity contribution in [2.75, 3.05) is 215 Å². The van der Waals surface area contributed by atoms with Crippen molar-refractivity contribution in [3.63, 3.8) is 0 Å². The molecule has 0 amide bonds. The van der Waals surface area contributed by atoms with Crippen LogP contribution in [-0.4, -0.2) is 289 Å². The van der Waals surface area contributed by atoms with Gasteiger partial charge in [-0.3, -0.25) is 24.4 Å². The number of hydrogen-bond acceptors (Lipinski definition) is 28. The molecule has 0 aliphatic carbocycles. The Bertz CT molecular complexity index is 5780. The van der Waals surface area contributed by atoms with Gasteiger partial charge in [-0.15, -0.1) is 0 Å². The second-order valence-electron chi connectivity index (χ2n) is 38.1. The Kier molecular flexibility index (Phi) is 36.6. The summed E-state index contributed by atoms with van der Waals surface area (Å²) >= 11 is 6.14. The number of piperidine rings is 4. The molecule has 0 radical (unpaired) electrons. The van der Waals surface area contributed by atoms with E-state index in [0.717, 1.165) is 355 Å². The first-order chi connectivity index (χ1) is 67.6. The number of likely N-dealkylation sites (N-methyl/N-ethyl adjacent to an activating group) is 3. The molecule has 4 aromatic heterocycles. The van der Waals surface area contributed by atoms with Crippen LogP contribution >= 0.6 is 11.6 Å². The fraction of sp³-hybridized carbons (Fsp3) is 0.477. The van der Waals surface area contributed by atoms with Gasteiger partial charge in [0.2, 0.25) is 23.1 Å². The van der Waals surface area contributed by atoms with Crippen LogP contribution < -0.4 is 50.2 Å². The predicted octanol–water partition coefficient (Wildman–Crippen LogP) is 17.5. The third kappa shape index (κ3) is 29.3. The number of fused-ring (bicyclic) bond motifs is 4. The molecule has 7 saturated heterocycles. The number of hydrogen-bond donors (Lipinski definition) is 5. The number of carbonyl (C=O) groups is 1. The molecule has 5 N–H and O–H groups in total. The van der Waals surface area contributed by atoms with Crippen LogP contribution in [0.3, 0.4) is 0 Å². The van der Waals surface area contributed by atoms with E-state index in [2.05, 4.69) is 241 Å². The van der Waals surface area contributed by atoms with Crippen LogP contribution in [-0.2, 0) is 35.7 Å². The molecule has 7 fully saturated rings. The molecule has 0 unspecified atom stereocenters. The normalized spacial score (nSPS) is 17.7. The van der Waals surface area contributed by atoms with Gasteiger partial charge in [-0.2, -0.15) is 15.0 Å². The molecule has 138 heavy (non-hydrogen) atoms. The highest BCUT2D eigenvalue weighted by molar-refractivity contribution is 6.28. The van der Waals surface area contributed by atoms with Gasteiger partial charge in [0.1, 0.15) is 46.3 Å². The maximum absolute atomic E-state index is 11.5. The minimum atomic E-state index is -0.101. The summed E-state index contributed by atoms with van der Waals surface area (Å²) in [5.74, 6) is 8.50. The zero-order chi connectivity index (χ0) is 95.2. The number of aromatic hydroxyl groups is 1. The third-order valence-corrected chi connectivity index (χ3v) is 27.8. The van der Waals surface area contributed by atoms with Crippen molar-refractivity contribution in [2.24, 2.45) is 0 Å². The lowest BCUT2D eigenvalue weighted by Crippen LogP contribution is -2.39. The van der Waals surface area contributed by atoms with Gasteiger partial charge in [-0.1, -0.05) is 134 Å². The first-order valence-corrected chi connectivity index (χ1v) is 50.9. The molecule has 7 aliphatic heterocycles. The molecular formula is C109H143ClN22O6. The van der Waals surface area contributed by atoms with Gasteiger partial charge in [0.25, 0.3) is 0 Å². The van der Waals surface area contributed by atoms with E-state index >= 15 is 0 Å². The first kappa shape index (κ1) is 99.4. The lowest BCUT2D eigenvalue weighted by Gasteiger charge is -2.33. The SMILES string of the molecule is CCOC(=O)CCCCCCOc1ccc2c(NC3CCN(Cc4ccccc4)CC3)nc(N3CCCN(C)CC3)nc2c1.CN1CCCN(c2nc(NC3CCN(Cc4ccccc4)CC3)c3ccc(O)cc3n2)CC1.COc1ccc2c(NC3CCN(Cc4ccccc4)CC3)nc(Cl)nc2c1.COc1ccc2c(NC3CCN(Cc4ccccc4)CC3)nc(N3CCCN(C)CC3)nc2c1. The molecule has 732 valence electrons. The molecule has 28 nitrogen and oxygen atoms in total. The van der Waals surface area contributed by atoms with Crippen LogP contribution in [0.4, 0.5) is 41.1 Å². The number of halogens is 1. The van der Waals surface area contributed by atoms with Crippen LogP contribution in [0.5, 0.6) is 23.0 Å². The molecule has 7 aliphatic rings. The van der Waals surface area contributed by atoms with Gasteiger partial charge in [-0.05, 0) is 214 Å². The molecular weight excluding hydrogens is 1750 g/mol. The number of methoxy groups -OCH3 is 2. The summed E-state index contributed by atoms with van der Waals surface area (Å²) in [7, 11) is 9.89. The Balaban J connectivity index is 0.000000135. The summed E-state index contributed by atoms with van der Waals surface area (Å²) < 4.78 is 21.9. The van der Waals surface area contributed by atoms with Crippen LogP contribution in [0.2, 0.25) is 5.28 Å². The fourth-order valence-corrected chi connectivity index (χ4v) is 19.7. The van der Waals surface area contributed by atoms with E-state index in [1.807, 2.05) is 49.4 Å². The number of nitrogens with one attached hydrogen (secondary N) is 4. The molecule has 8 aromatic carbocycles. The monoisotopic (exact) mass is 1890 g/mol. The number of phenols is 1. The number of benzene rings is 8.